The molecule has 0 saturated heterocycles. The Bertz CT molecular complexity index is 636. The molecular formula is C15H17N3O2. The summed E-state index contributed by atoms with van der Waals surface area (Å²) in [5.41, 5.74) is 3.00. The van der Waals surface area contributed by atoms with Crippen molar-refractivity contribution >= 4 is 17.5 Å². The number of hydrogen-bond donors (Lipinski definition) is 2. The quantitative estimate of drug-likeness (QED) is 0.893. The molecule has 1 aromatic heterocycles. The Morgan fingerprint density at radius 1 is 1.20 bits per heavy atom. The Labute approximate surface area is 117 Å². The van der Waals surface area contributed by atoms with Gasteiger partial charge in [-0.15, -0.1) is 0 Å². The Hall–Kier alpha value is -2.43. The highest BCUT2D eigenvalue weighted by Crippen LogP contribution is 2.20. The maximum Gasteiger partial charge on any atom is 0.335 e. The van der Waals surface area contributed by atoms with Gasteiger partial charge in [-0.05, 0) is 38.1 Å². The van der Waals surface area contributed by atoms with E-state index in [1.165, 1.54) is 0 Å². The summed E-state index contributed by atoms with van der Waals surface area (Å²) in [5.74, 6) is 0.620. The first kappa shape index (κ1) is 14.0. The Kier molecular flexibility index (Phi) is 3.98. The van der Waals surface area contributed by atoms with E-state index in [-0.39, 0.29) is 5.56 Å². The third kappa shape index (κ3) is 2.93. The molecule has 2 aromatic rings. The van der Waals surface area contributed by atoms with Crippen LogP contribution in [0.4, 0.5) is 11.5 Å². The molecule has 5 heteroatoms. The highest BCUT2D eigenvalue weighted by atomic mass is 16.4. The van der Waals surface area contributed by atoms with Gasteiger partial charge in [-0.25, -0.2) is 14.8 Å². The third-order valence-electron chi connectivity index (χ3n) is 3.15. The predicted molar refractivity (Wildman–Crippen MR) is 77.6 cm³/mol. The molecule has 104 valence electrons. The van der Waals surface area contributed by atoms with Crippen molar-refractivity contribution in [3.05, 3.63) is 46.9 Å². The van der Waals surface area contributed by atoms with E-state index in [0.717, 1.165) is 35.0 Å². The summed E-state index contributed by atoms with van der Waals surface area (Å²) < 4.78 is 0. The van der Waals surface area contributed by atoms with Crippen molar-refractivity contribution in [2.24, 2.45) is 0 Å². The predicted octanol–water partition coefficient (Wildman–Crippen LogP) is 3.10. The lowest BCUT2D eigenvalue weighted by molar-refractivity contribution is 0.0697. The number of aryl methyl sites for hydroxylation is 2. The number of carbonyl (C=O) groups is 1. The van der Waals surface area contributed by atoms with Crippen LogP contribution in [0, 0.1) is 13.8 Å². The number of nitrogens with one attached hydrogen (secondary N) is 1. The van der Waals surface area contributed by atoms with Gasteiger partial charge >= 0.3 is 5.97 Å². The highest BCUT2D eigenvalue weighted by molar-refractivity contribution is 5.88. The second kappa shape index (κ2) is 5.69. The summed E-state index contributed by atoms with van der Waals surface area (Å²) in [6, 6.07) is 6.58. The van der Waals surface area contributed by atoms with Crippen LogP contribution in [0.2, 0.25) is 0 Å². The van der Waals surface area contributed by atoms with Crippen LogP contribution in [0.1, 0.15) is 34.4 Å². The van der Waals surface area contributed by atoms with Crippen LogP contribution in [0.3, 0.4) is 0 Å². The van der Waals surface area contributed by atoms with Crippen LogP contribution >= 0.6 is 0 Å². The molecule has 2 rings (SSSR count). The van der Waals surface area contributed by atoms with Gasteiger partial charge in [0.2, 0.25) is 0 Å². The van der Waals surface area contributed by atoms with Crippen molar-refractivity contribution in [3.63, 3.8) is 0 Å². The van der Waals surface area contributed by atoms with E-state index in [0.29, 0.717) is 0 Å². The average Bonchev–Trinajstić information content (AvgIpc) is 2.44. The van der Waals surface area contributed by atoms with Crippen LogP contribution in [-0.2, 0) is 6.42 Å². The molecule has 0 atom stereocenters. The fourth-order valence-corrected chi connectivity index (χ4v) is 1.80. The number of carboxylic acids is 1. The van der Waals surface area contributed by atoms with Crippen molar-refractivity contribution in [1.82, 2.24) is 9.97 Å². The first-order valence-electron chi connectivity index (χ1n) is 6.45. The van der Waals surface area contributed by atoms with Crippen molar-refractivity contribution in [1.29, 1.82) is 0 Å². The summed E-state index contributed by atoms with van der Waals surface area (Å²) in [6.45, 7) is 5.92. The lowest BCUT2D eigenvalue weighted by Crippen LogP contribution is -2.05. The molecule has 0 bridgehead atoms. The van der Waals surface area contributed by atoms with Gasteiger partial charge in [0.05, 0.1) is 5.56 Å². The Balaban J connectivity index is 2.29. The van der Waals surface area contributed by atoms with Gasteiger partial charge in [0.1, 0.15) is 11.6 Å². The van der Waals surface area contributed by atoms with Crippen molar-refractivity contribution in [2.75, 3.05) is 5.32 Å². The first-order valence-corrected chi connectivity index (χ1v) is 6.45. The second-order valence-corrected chi connectivity index (χ2v) is 4.56. The number of hydrogen-bond acceptors (Lipinski definition) is 4. The van der Waals surface area contributed by atoms with E-state index in [4.69, 9.17) is 5.11 Å². The number of nitrogens with zero attached hydrogens (tertiary/aromatic N) is 2. The summed E-state index contributed by atoms with van der Waals surface area (Å²) in [6.07, 6.45) is 0.772. The van der Waals surface area contributed by atoms with Crippen LogP contribution < -0.4 is 5.32 Å². The number of rotatable bonds is 4. The molecule has 20 heavy (non-hydrogen) atoms. The summed E-state index contributed by atoms with van der Waals surface area (Å²) >= 11 is 0. The van der Waals surface area contributed by atoms with Crippen LogP contribution in [0.5, 0.6) is 0 Å². The number of anilines is 2. The zero-order chi connectivity index (χ0) is 14.7. The largest absolute Gasteiger partial charge is 0.478 e. The van der Waals surface area contributed by atoms with Crippen LogP contribution in [-0.4, -0.2) is 21.0 Å². The number of aromatic nitrogens is 2. The van der Waals surface area contributed by atoms with E-state index in [1.54, 1.807) is 24.3 Å². The number of aromatic carboxylic acids is 1. The molecule has 0 fully saturated rings. The van der Waals surface area contributed by atoms with E-state index < -0.39 is 5.97 Å². The SMILES string of the molecule is CCc1nc(C)c(C)c(Nc2ccc(C(=O)O)cc2)n1. The Morgan fingerprint density at radius 2 is 1.85 bits per heavy atom. The maximum atomic E-state index is 10.8. The van der Waals surface area contributed by atoms with E-state index >= 15 is 0 Å². The maximum absolute atomic E-state index is 10.8. The van der Waals surface area contributed by atoms with Gasteiger partial charge in [0.15, 0.2) is 0 Å². The molecule has 0 spiro atoms. The summed E-state index contributed by atoms with van der Waals surface area (Å²) in [5, 5.41) is 12.1. The number of carboxylic acid groups (broad SMARTS) is 1. The van der Waals surface area contributed by atoms with Gasteiger partial charge in [-0.1, -0.05) is 6.92 Å². The van der Waals surface area contributed by atoms with Gasteiger partial charge in [-0.2, -0.15) is 0 Å². The van der Waals surface area contributed by atoms with Gasteiger partial charge in [0.25, 0.3) is 0 Å². The zero-order valence-electron chi connectivity index (χ0n) is 11.8. The minimum Gasteiger partial charge on any atom is -0.478 e. The molecule has 0 amide bonds. The average molecular weight is 271 g/mol. The smallest absolute Gasteiger partial charge is 0.335 e. The van der Waals surface area contributed by atoms with Gasteiger partial charge < -0.3 is 10.4 Å². The molecule has 0 aliphatic heterocycles. The fourth-order valence-electron chi connectivity index (χ4n) is 1.80. The van der Waals surface area contributed by atoms with Crippen molar-refractivity contribution in [2.45, 2.75) is 27.2 Å². The topological polar surface area (TPSA) is 75.1 Å². The summed E-state index contributed by atoms with van der Waals surface area (Å²) in [4.78, 5) is 19.7. The van der Waals surface area contributed by atoms with E-state index in [2.05, 4.69) is 15.3 Å². The second-order valence-electron chi connectivity index (χ2n) is 4.56. The molecule has 0 radical (unpaired) electrons. The van der Waals surface area contributed by atoms with Crippen LogP contribution in [0.25, 0.3) is 0 Å². The third-order valence-corrected chi connectivity index (χ3v) is 3.15. The van der Waals surface area contributed by atoms with Gasteiger partial charge in [0, 0.05) is 23.4 Å². The summed E-state index contributed by atoms with van der Waals surface area (Å²) in [7, 11) is 0. The minimum atomic E-state index is -0.932. The molecule has 1 aromatic carbocycles. The van der Waals surface area contributed by atoms with E-state index in [9.17, 15) is 4.79 Å². The normalized spacial score (nSPS) is 10.3. The molecule has 0 aliphatic rings. The molecule has 0 saturated carbocycles. The monoisotopic (exact) mass is 271 g/mol. The molecule has 1 heterocycles. The van der Waals surface area contributed by atoms with Crippen LogP contribution in [0.15, 0.2) is 24.3 Å². The molecule has 5 nitrogen and oxygen atoms in total. The zero-order valence-corrected chi connectivity index (χ0v) is 11.8. The van der Waals surface area contributed by atoms with Crippen molar-refractivity contribution in [3.8, 4) is 0 Å². The van der Waals surface area contributed by atoms with Gasteiger partial charge in [-0.3, -0.25) is 0 Å². The molecule has 0 aliphatic carbocycles. The fraction of sp³-hybridized carbons (Fsp3) is 0.267. The minimum absolute atomic E-state index is 0.264. The molecule has 2 N–H and O–H groups in total. The molecular weight excluding hydrogens is 254 g/mol. The van der Waals surface area contributed by atoms with Crippen molar-refractivity contribution < 1.29 is 9.90 Å². The standard InChI is InChI=1S/C15H17N3O2/c1-4-13-16-10(3)9(2)14(18-13)17-12-7-5-11(6-8-12)15(19)20/h5-8H,4H2,1-3H3,(H,19,20)(H,16,17,18). The lowest BCUT2D eigenvalue weighted by Gasteiger charge is -2.12. The Morgan fingerprint density at radius 3 is 2.40 bits per heavy atom. The number of benzene rings is 1. The highest BCUT2D eigenvalue weighted by Gasteiger charge is 2.08. The first-order chi connectivity index (χ1) is 9.51. The van der Waals surface area contributed by atoms with E-state index in [1.807, 2.05) is 20.8 Å². The lowest BCUT2D eigenvalue weighted by atomic mass is 10.2. The molecule has 0 unspecified atom stereocenters.